The van der Waals surface area contributed by atoms with Gasteiger partial charge in [0.15, 0.2) is 22.5 Å². The van der Waals surface area contributed by atoms with E-state index in [0.717, 1.165) is 16.9 Å². The molecule has 0 spiro atoms. The molecule has 4 N–H and O–H groups in total. The van der Waals surface area contributed by atoms with E-state index in [9.17, 15) is 14.4 Å². The predicted octanol–water partition coefficient (Wildman–Crippen LogP) is -0.555. The number of amides is 2. The molecule has 0 unspecified atom stereocenters. The Bertz CT molecular complexity index is 1340. The minimum absolute atomic E-state index is 0.0426. The third kappa shape index (κ3) is 6.02. The van der Waals surface area contributed by atoms with Crippen molar-refractivity contribution in [2.45, 2.75) is 45.9 Å². The molecular weight excluding hydrogens is 550 g/mol. The highest BCUT2D eigenvalue weighted by Gasteiger charge is 2.29. The topological polar surface area (TPSA) is 185 Å². The van der Waals surface area contributed by atoms with Gasteiger partial charge in [-0.05, 0) is 41.9 Å². The van der Waals surface area contributed by atoms with Crippen LogP contribution in [-0.2, 0) is 34.0 Å². The summed E-state index contributed by atoms with van der Waals surface area (Å²) in [5.74, 6) is -0.292. The number of hydrogen-bond acceptors (Lipinski definition) is 9. The van der Waals surface area contributed by atoms with Gasteiger partial charge in [0.2, 0.25) is 0 Å². The van der Waals surface area contributed by atoms with E-state index in [1.54, 1.807) is 12.1 Å². The molecule has 4 rings (SSSR count). The fourth-order valence-corrected chi connectivity index (χ4v) is 4.36. The molecule has 1 aromatic carbocycles. The van der Waals surface area contributed by atoms with Crippen molar-refractivity contribution in [3.8, 4) is 0 Å². The van der Waals surface area contributed by atoms with Crippen LogP contribution in [0.4, 0.5) is 5.82 Å². The number of ether oxygens (including phenoxy) is 1. The van der Waals surface area contributed by atoms with Gasteiger partial charge in [0.25, 0.3) is 17.6 Å². The first-order valence-electron chi connectivity index (χ1n) is 11.4. The van der Waals surface area contributed by atoms with Gasteiger partial charge in [0.05, 0.1) is 25.9 Å². The molecule has 14 heteroatoms. The second-order valence-electron chi connectivity index (χ2n) is 7.80. The first kappa shape index (κ1) is 27.5. The molecule has 3 aromatic rings. The van der Waals surface area contributed by atoms with Crippen LogP contribution in [0.2, 0.25) is 0 Å². The summed E-state index contributed by atoms with van der Waals surface area (Å²) in [6.45, 7) is 5.31. The zero-order valence-corrected chi connectivity index (χ0v) is 21.8. The van der Waals surface area contributed by atoms with E-state index >= 15 is 0 Å². The van der Waals surface area contributed by atoms with Gasteiger partial charge in [0, 0.05) is 24.5 Å². The summed E-state index contributed by atoms with van der Waals surface area (Å²) in [4.78, 5) is 53.5. The second-order valence-corrected chi connectivity index (χ2v) is 8.61. The van der Waals surface area contributed by atoms with Crippen molar-refractivity contribution in [2.75, 3.05) is 12.3 Å². The van der Waals surface area contributed by atoms with Crippen LogP contribution in [0.15, 0.2) is 29.0 Å². The first-order valence-corrected chi connectivity index (χ1v) is 12.2. The Labute approximate surface area is 220 Å². The van der Waals surface area contributed by atoms with Gasteiger partial charge in [-0.15, -0.1) is 0 Å². The van der Waals surface area contributed by atoms with Crippen LogP contribution in [0.25, 0.3) is 11.0 Å². The van der Waals surface area contributed by atoms with Crippen molar-refractivity contribution in [3.63, 3.8) is 0 Å². The number of aromatic nitrogens is 4. The number of imidazole rings is 1. The number of esters is 1. The summed E-state index contributed by atoms with van der Waals surface area (Å²) >= 11 is 3.20. The number of aryl methyl sites for hydroxylation is 2. The molecule has 2 amide bonds. The lowest BCUT2D eigenvalue weighted by molar-refractivity contribution is -0.676. The number of fused-ring (bicyclic) bond motifs is 1. The monoisotopic (exact) mass is 575 g/mol. The number of rotatable bonds is 7. The van der Waals surface area contributed by atoms with E-state index in [1.165, 1.54) is 6.20 Å². The number of carbonyl (C=O) groups excluding carboxylic acids is 4. The summed E-state index contributed by atoms with van der Waals surface area (Å²) in [6.07, 6.45) is 1.89. The number of anilines is 1. The lowest BCUT2D eigenvalue weighted by Gasteiger charge is -2.08. The highest BCUT2D eigenvalue weighted by molar-refractivity contribution is 9.10. The number of hydrogen-bond donors (Lipinski definition) is 3. The van der Waals surface area contributed by atoms with Crippen LogP contribution < -0.4 is 26.0 Å². The fourth-order valence-electron chi connectivity index (χ4n) is 4.09. The minimum atomic E-state index is -0.624. The van der Waals surface area contributed by atoms with Gasteiger partial charge in [-0.1, -0.05) is 0 Å². The molecule has 0 saturated carbocycles. The number of cyclic esters (lactones) is 1. The summed E-state index contributed by atoms with van der Waals surface area (Å²) in [6, 6.07) is 4.77. The average molecular weight is 576 g/mol. The number of nitrogens with one attached hydrogen (secondary N) is 2. The first-order chi connectivity index (χ1) is 17.7. The number of nitrogens with zero attached hydrogens (tertiary/aromatic N) is 4. The van der Waals surface area contributed by atoms with Gasteiger partial charge in [0.1, 0.15) is 17.2 Å². The Kier molecular flexibility index (Phi) is 9.11. The number of nitrogens with two attached hydrogens (primary N) is 1. The lowest BCUT2D eigenvalue weighted by Crippen LogP contribution is -2.40. The molecule has 2 aromatic heterocycles. The second kappa shape index (κ2) is 12.3. The van der Waals surface area contributed by atoms with Gasteiger partial charge in [-0.3, -0.25) is 9.59 Å². The van der Waals surface area contributed by atoms with Crippen molar-refractivity contribution < 1.29 is 33.6 Å². The lowest BCUT2D eigenvalue weighted by atomic mass is 10.1. The molecule has 1 fully saturated rings. The zero-order valence-electron chi connectivity index (χ0n) is 20.2. The molecule has 37 heavy (non-hydrogen) atoms. The average Bonchev–Trinajstić information content (AvgIpc) is 3.43. The molecule has 1 aliphatic rings. The number of carbonyl (C=O) groups is 4. The Morgan fingerprint density at radius 3 is 2.70 bits per heavy atom. The quantitative estimate of drug-likeness (QED) is 0.189. The highest BCUT2D eigenvalue weighted by atomic mass is 79.9. The molecule has 0 radical (unpaired) electrons. The molecule has 0 aliphatic carbocycles. The van der Waals surface area contributed by atoms with E-state index in [4.69, 9.17) is 20.4 Å². The van der Waals surface area contributed by atoms with E-state index < -0.39 is 24.4 Å². The fraction of sp³-hybridized carbons (Fsp3) is 0.348. The van der Waals surface area contributed by atoms with Crippen molar-refractivity contribution in [3.05, 3.63) is 46.1 Å². The molecule has 1 aliphatic heterocycles. The van der Waals surface area contributed by atoms with Crippen LogP contribution in [0.1, 0.15) is 46.9 Å². The standard InChI is InChI=1S/C22H24BrN7O4.CH2O2/c1-3-29-14-6-5-12(20(31)27-13-7-8-34-22(13)33)9-15(14)30(4-2)17(29)11-26-21(32)18-19(24)25-10-16(23)28-18;2-1-3/h5-6,9-10,13H,3-4,7-8,11H2,1-2H3,(H3-,24,25,26,27,31,32);1H,(H,2,3)/t13-;/m1./s1. The molecule has 3 heterocycles. The molecule has 1 saturated heterocycles. The zero-order chi connectivity index (χ0) is 27.1. The minimum Gasteiger partial charge on any atom is -0.554 e. The smallest absolute Gasteiger partial charge is 0.328 e. The van der Waals surface area contributed by atoms with Crippen LogP contribution >= 0.6 is 15.9 Å². The van der Waals surface area contributed by atoms with E-state index in [1.807, 2.05) is 24.5 Å². The normalized spacial score (nSPS) is 14.5. The summed E-state index contributed by atoms with van der Waals surface area (Å²) < 4.78 is 9.44. The number of carboxylic acid groups (broad SMARTS) is 1. The van der Waals surface area contributed by atoms with Crippen molar-refractivity contribution in [2.24, 2.45) is 0 Å². The number of nitrogen functional groups attached to an aromatic ring is 1. The maximum absolute atomic E-state index is 12.8. The molecule has 0 bridgehead atoms. The molecule has 13 nitrogen and oxygen atoms in total. The maximum Gasteiger partial charge on any atom is 0.328 e. The van der Waals surface area contributed by atoms with E-state index in [0.29, 0.717) is 36.3 Å². The Balaban J connectivity index is 0.00000121. The third-order valence-corrected chi connectivity index (χ3v) is 6.09. The Hall–Kier alpha value is -4.07. The molecule has 1 atom stereocenters. The maximum atomic E-state index is 12.8. The largest absolute Gasteiger partial charge is 0.554 e. The van der Waals surface area contributed by atoms with Gasteiger partial charge in [-0.2, -0.15) is 0 Å². The number of halogens is 1. The summed E-state index contributed by atoms with van der Waals surface area (Å²) in [7, 11) is 0. The highest BCUT2D eigenvalue weighted by Crippen LogP contribution is 2.19. The van der Waals surface area contributed by atoms with E-state index in [2.05, 4.69) is 41.1 Å². The number of benzene rings is 1. The van der Waals surface area contributed by atoms with Gasteiger partial charge < -0.3 is 31.0 Å². The van der Waals surface area contributed by atoms with Crippen molar-refractivity contribution in [1.82, 2.24) is 25.2 Å². The van der Waals surface area contributed by atoms with Gasteiger partial charge >= 0.3 is 5.97 Å². The van der Waals surface area contributed by atoms with Crippen LogP contribution in [0.3, 0.4) is 0 Å². The van der Waals surface area contributed by atoms with Crippen LogP contribution in [0, 0.1) is 0 Å². The SMILES string of the molecule is CCn1c(CNC(=O)c2nc(Br)cnc2N)[n+](CC)c2ccc(C(=O)N[C@@H]3CCOC3=O)cc21.O=C[O-]. The van der Waals surface area contributed by atoms with E-state index in [-0.39, 0.29) is 24.0 Å². The van der Waals surface area contributed by atoms with Crippen molar-refractivity contribution in [1.29, 1.82) is 0 Å². The van der Waals surface area contributed by atoms with Gasteiger partial charge in [-0.25, -0.2) is 23.9 Å². The Morgan fingerprint density at radius 2 is 2.08 bits per heavy atom. The van der Waals surface area contributed by atoms with Crippen LogP contribution in [-0.4, -0.2) is 51.4 Å². The predicted molar refractivity (Wildman–Crippen MR) is 132 cm³/mol. The molecular formula is C23H26BrN7O6. The third-order valence-electron chi connectivity index (χ3n) is 5.71. The Morgan fingerprint density at radius 1 is 1.35 bits per heavy atom. The summed E-state index contributed by atoms with van der Waals surface area (Å²) in [5, 5.41) is 13.9. The van der Waals surface area contributed by atoms with Crippen LogP contribution in [0.5, 0.6) is 0 Å². The van der Waals surface area contributed by atoms with Crippen molar-refractivity contribution >= 4 is 57.0 Å². The summed E-state index contributed by atoms with van der Waals surface area (Å²) in [5.41, 5.74) is 8.06. The molecule has 196 valence electrons.